The zero-order valence-corrected chi connectivity index (χ0v) is 15.6. The van der Waals surface area contributed by atoms with Crippen LogP contribution in [0.3, 0.4) is 0 Å². The smallest absolute Gasteiger partial charge is 0.249 e. The number of H-pyrrole nitrogens is 1. The van der Waals surface area contributed by atoms with Crippen molar-refractivity contribution in [2.75, 3.05) is 0 Å². The van der Waals surface area contributed by atoms with Crippen molar-refractivity contribution in [3.8, 4) is 22.4 Å². The van der Waals surface area contributed by atoms with Crippen LogP contribution in [-0.4, -0.2) is 15.0 Å². The fraction of sp³-hybridized carbons (Fsp3) is 0.0455. The van der Waals surface area contributed by atoms with Gasteiger partial charge in [-0.15, -0.1) is 0 Å². The Bertz CT molecular complexity index is 1400. The standard InChI is InChI=1S/C22H14ClN3O2/c1-12-24-21-17(23)10-15(11-18(21)28-12)16-9-14-7-8-19(27)25-22(14)26-20(16)13-5-3-2-4-6-13/h2-11H,1H3,(H,25,26,27). The Morgan fingerprint density at radius 2 is 1.79 bits per heavy atom. The predicted molar refractivity (Wildman–Crippen MR) is 111 cm³/mol. The largest absolute Gasteiger partial charge is 0.441 e. The number of benzene rings is 2. The highest BCUT2D eigenvalue weighted by Crippen LogP contribution is 2.36. The SMILES string of the molecule is Cc1nc2c(Cl)cc(-c3cc4ccc(=O)[nH]c4nc3-c3ccccc3)cc2o1. The lowest BCUT2D eigenvalue weighted by Gasteiger charge is -2.11. The lowest BCUT2D eigenvalue weighted by molar-refractivity contribution is 0.561. The van der Waals surface area contributed by atoms with Crippen molar-refractivity contribution in [2.24, 2.45) is 0 Å². The first-order valence-corrected chi connectivity index (χ1v) is 9.13. The maximum absolute atomic E-state index is 11.7. The number of halogens is 1. The molecule has 3 heterocycles. The molecule has 0 aliphatic carbocycles. The van der Waals surface area contributed by atoms with Gasteiger partial charge < -0.3 is 9.40 Å². The second-order valence-electron chi connectivity index (χ2n) is 6.55. The van der Waals surface area contributed by atoms with Gasteiger partial charge in [-0.3, -0.25) is 4.79 Å². The quantitative estimate of drug-likeness (QED) is 0.442. The number of pyridine rings is 2. The molecule has 0 aliphatic heterocycles. The molecular formula is C22H14ClN3O2. The summed E-state index contributed by atoms with van der Waals surface area (Å²) in [5.74, 6) is 0.562. The zero-order chi connectivity index (χ0) is 19.3. The molecule has 0 saturated heterocycles. The van der Waals surface area contributed by atoms with Crippen molar-refractivity contribution in [1.82, 2.24) is 15.0 Å². The number of fused-ring (bicyclic) bond motifs is 2. The van der Waals surface area contributed by atoms with E-state index in [1.165, 1.54) is 6.07 Å². The van der Waals surface area contributed by atoms with E-state index in [4.69, 9.17) is 21.0 Å². The summed E-state index contributed by atoms with van der Waals surface area (Å²) >= 11 is 6.47. The Balaban J connectivity index is 1.85. The maximum Gasteiger partial charge on any atom is 0.249 e. The minimum Gasteiger partial charge on any atom is -0.441 e. The Hall–Kier alpha value is -3.44. The molecule has 0 bridgehead atoms. The normalized spacial score (nSPS) is 11.4. The minimum atomic E-state index is -0.187. The maximum atomic E-state index is 11.7. The zero-order valence-electron chi connectivity index (χ0n) is 14.9. The summed E-state index contributed by atoms with van der Waals surface area (Å²) in [5, 5.41) is 1.35. The summed E-state index contributed by atoms with van der Waals surface area (Å²) in [6.45, 7) is 1.79. The molecule has 0 fully saturated rings. The molecule has 0 radical (unpaired) electrons. The second-order valence-corrected chi connectivity index (χ2v) is 6.96. The molecule has 0 amide bonds. The molecule has 0 aliphatic rings. The summed E-state index contributed by atoms with van der Waals surface area (Å²) < 4.78 is 5.70. The molecule has 28 heavy (non-hydrogen) atoms. The van der Waals surface area contributed by atoms with Crippen LogP contribution in [-0.2, 0) is 0 Å². The van der Waals surface area contributed by atoms with Crippen LogP contribution in [0.15, 0.2) is 69.9 Å². The van der Waals surface area contributed by atoms with Gasteiger partial charge >= 0.3 is 0 Å². The Morgan fingerprint density at radius 1 is 0.964 bits per heavy atom. The van der Waals surface area contributed by atoms with Gasteiger partial charge in [0.2, 0.25) is 5.56 Å². The van der Waals surface area contributed by atoms with E-state index in [0.717, 1.165) is 27.8 Å². The first-order chi connectivity index (χ1) is 13.6. The molecule has 5 aromatic rings. The van der Waals surface area contributed by atoms with E-state index in [1.807, 2.05) is 48.5 Å². The fourth-order valence-corrected chi connectivity index (χ4v) is 3.62. The van der Waals surface area contributed by atoms with Crippen molar-refractivity contribution in [1.29, 1.82) is 0 Å². The van der Waals surface area contributed by atoms with Crippen LogP contribution in [0.1, 0.15) is 5.89 Å². The molecule has 6 heteroatoms. The van der Waals surface area contributed by atoms with E-state index in [2.05, 4.69) is 9.97 Å². The molecule has 2 aromatic carbocycles. The first kappa shape index (κ1) is 16.7. The van der Waals surface area contributed by atoms with Gasteiger partial charge in [0.1, 0.15) is 11.2 Å². The van der Waals surface area contributed by atoms with E-state index >= 15 is 0 Å². The van der Waals surface area contributed by atoms with E-state index in [-0.39, 0.29) is 5.56 Å². The summed E-state index contributed by atoms with van der Waals surface area (Å²) in [6.07, 6.45) is 0. The number of nitrogens with one attached hydrogen (secondary N) is 1. The average molecular weight is 388 g/mol. The molecular weight excluding hydrogens is 374 g/mol. The minimum absolute atomic E-state index is 0.187. The van der Waals surface area contributed by atoms with E-state index in [9.17, 15) is 4.79 Å². The van der Waals surface area contributed by atoms with Crippen molar-refractivity contribution >= 4 is 33.7 Å². The van der Waals surface area contributed by atoms with Crippen molar-refractivity contribution < 1.29 is 4.42 Å². The third kappa shape index (κ3) is 2.77. The lowest BCUT2D eigenvalue weighted by atomic mass is 9.98. The lowest BCUT2D eigenvalue weighted by Crippen LogP contribution is -2.04. The number of aryl methyl sites for hydroxylation is 1. The van der Waals surface area contributed by atoms with E-state index < -0.39 is 0 Å². The van der Waals surface area contributed by atoms with Gasteiger partial charge in [0.05, 0.1) is 10.7 Å². The van der Waals surface area contributed by atoms with Gasteiger partial charge in [0.15, 0.2) is 11.5 Å². The van der Waals surface area contributed by atoms with Gasteiger partial charge in [-0.2, -0.15) is 0 Å². The molecule has 0 saturated carbocycles. The second kappa shape index (κ2) is 6.32. The van der Waals surface area contributed by atoms with Crippen LogP contribution in [0.5, 0.6) is 0 Å². The van der Waals surface area contributed by atoms with E-state index in [1.54, 1.807) is 13.0 Å². The third-order valence-electron chi connectivity index (χ3n) is 4.62. The number of hydrogen-bond acceptors (Lipinski definition) is 4. The number of nitrogens with zero attached hydrogens (tertiary/aromatic N) is 2. The van der Waals surface area contributed by atoms with Crippen LogP contribution >= 0.6 is 11.6 Å². The number of oxazole rings is 1. The van der Waals surface area contributed by atoms with Crippen LogP contribution in [0.25, 0.3) is 44.5 Å². The first-order valence-electron chi connectivity index (χ1n) is 8.75. The Labute approximate surface area is 164 Å². The van der Waals surface area contributed by atoms with Gasteiger partial charge in [0, 0.05) is 29.5 Å². The Morgan fingerprint density at radius 3 is 2.61 bits per heavy atom. The molecule has 0 unspecified atom stereocenters. The number of rotatable bonds is 2. The van der Waals surface area contributed by atoms with Crippen LogP contribution in [0, 0.1) is 6.92 Å². The third-order valence-corrected chi connectivity index (χ3v) is 4.91. The van der Waals surface area contributed by atoms with Crippen LogP contribution < -0.4 is 5.56 Å². The van der Waals surface area contributed by atoms with Gasteiger partial charge in [-0.05, 0) is 29.8 Å². The predicted octanol–water partition coefficient (Wildman–Crippen LogP) is 5.36. The highest BCUT2D eigenvalue weighted by atomic mass is 35.5. The highest BCUT2D eigenvalue weighted by molar-refractivity contribution is 6.35. The van der Waals surface area contributed by atoms with Crippen LogP contribution in [0.2, 0.25) is 5.02 Å². The molecule has 3 aromatic heterocycles. The molecule has 0 spiro atoms. The monoisotopic (exact) mass is 387 g/mol. The molecule has 1 N–H and O–H groups in total. The summed E-state index contributed by atoms with van der Waals surface area (Å²) in [4.78, 5) is 23.6. The van der Waals surface area contributed by atoms with Crippen molar-refractivity contribution in [3.05, 3.63) is 81.9 Å². The molecule has 136 valence electrons. The van der Waals surface area contributed by atoms with Crippen molar-refractivity contribution in [3.63, 3.8) is 0 Å². The number of hydrogen-bond donors (Lipinski definition) is 1. The number of aromatic nitrogens is 3. The average Bonchev–Trinajstić information content (AvgIpc) is 3.08. The van der Waals surface area contributed by atoms with Gasteiger partial charge in [-0.25, -0.2) is 9.97 Å². The fourth-order valence-electron chi connectivity index (χ4n) is 3.37. The van der Waals surface area contributed by atoms with Gasteiger partial charge in [-0.1, -0.05) is 41.9 Å². The van der Waals surface area contributed by atoms with Crippen LogP contribution in [0.4, 0.5) is 0 Å². The topological polar surface area (TPSA) is 71.8 Å². The summed E-state index contributed by atoms with van der Waals surface area (Å²) in [6, 6.07) is 18.9. The van der Waals surface area contributed by atoms with Crippen molar-refractivity contribution in [2.45, 2.75) is 6.92 Å². The number of aromatic amines is 1. The molecule has 5 rings (SSSR count). The molecule has 0 atom stereocenters. The summed E-state index contributed by atoms with van der Waals surface area (Å²) in [5.41, 5.74) is 5.07. The van der Waals surface area contributed by atoms with E-state index in [0.29, 0.717) is 27.7 Å². The van der Waals surface area contributed by atoms with Gasteiger partial charge in [0.25, 0.3) is 0 Å². The summed E-state index contributed by atoms with van der Waals surface area (Å²) in [7, 11) is 0. The Kier molecular flexibility index (Phi) is 3.77. The molecule has 5 nitrogen and oxygen atoms in total. The highest BCUT2D eigenvalue weighted by Gasteiger charge is 2.15.